The average molecular weight is 455 g/mol. The predicted molar refractivity (Wildman–Crippen MR) is 123 cm³/mol. The van der Waals surface area contributed by atoms with Gasteiger partial charge < -0.3 is 5.32 Å². The Morgan fingerprint density at radius 1 is 1.16 bits per heavy atom. The van der Waals surface area contributed by atoms with Crippen LogP contribution in [0.15, 0.2) is 69.9 Å². The van der Waals surface area contributed by atoms with Gasteiger partial charge in [-0.25, -0.2) is 13.4 Å². The first kappa shape index (κ1) is 21.2. The predicted octanol–water partition coefficient (Wildman–Crippen LogP) is 4.05. The fourth-order valence-corrected chi connectivity index (χ4v) is 5.26. The molecule has 1 aliphatic heterocycles. The number of carbonyl (C=O) groups excluding carboxylic acids is 1. The van der Waals surface area contributed by atoms with Crippen LogP contribution < -0.4 is 10.0 Å². The van der Waals surface area contributed by atoms with Gasteiger partial charge in [0.25, 0.3) is 15.9 Å². The number of nitrogens with one attached hydrogen (secondary N) is 2. The number of aromatic nitrogens is 1. The lowest BCUT2D eigenvalue weighted by atomic mass is 10.1. The molecule has 1 atom stereocenters. The SMILES string of the molecule is CCCCC(N=C1NS(=O)(=O)c2ccccc21)C(=O)Nc1nc(-c2ccccc2)cs1. The quantitative estimate of drug-likeness (QED) is 0.562. The van der Waals surface area contributed by atoms with E-state index in [1.807, 2.05) is 42.6 Å². The van der Waals surface area contributed by atoms with E-state index in [1.54, 1.807) is 18.2 Å². The molecule has 0 bridgehead atoms. The van der Waals surface area contributed by atoms with Gasteiger partial charge in [0.15, 0.2) is 5.13 Å². The standard InChI is InChI=1S/C22H22N4O3S2/c1-2-3-12-17(23-20-16-11-7-8-13-19(16)31(28,29)26-20)21(27)25-22-24-18(14-30-22)15-9-5-4-6-10-15/h4-11,13-14,17H,2-3,12H2,1H3,(H,23,26)(H,24,25,27). The molecule has 1 aromatic heterocycles. The van der Waals surface area contributed by atoms with Crippen molar-refractivity contribution in [1.82, 2.24) is 9.71 Å². The molecule has 1 unspecified atom stereocenters. The number of thiazole rings is 1. The van der Waals surface area contributed by atoms with Crippen LogP contribution in [0.2, 0.25) is 0 Å². The zero-order chi connectivity index (χ0) is 21.8. The number of amidine groups is 1. The van der Waals surface area contributed by atoms with Crippen LogP contribution in [0.4, 0.5) is 5.13 Å². The molecular weight excluding hydrogens is 432 g/mol. The van der Waals surface area contributed by atoms with Crippen molar-refractivity contribution in [2.24, 2.45) is 4.99 Å². The lowest BCUT2D eigenvalue weighted by Crippen LogP contribution is -2.30. The third-order valence-corrected chi connectivity index (χ3v) is 7.04. The van der Waals surface area contributed by atoms with E-state index in [9.17, 15) is 13.2 Å². The van der Waals surface area contributed by atoms with Gasteiger partial charge in [0.05, 0.1) is 10.6 Å². The Labute approximate surface area is 185 Å². The summed E-state index contributed by atoms with van der Waals surface area (Å²) < 4.78 is 27.2. The number of nitrogens with zero attached hydrogens (tertiary/aromatic N) is 2. The molecular formula is C22H22N4O3S2. The van der Waals surface area contributed by atoms with Crippen LogP contribution in [-0.2, 0) is 14.8 Å². The number of aliphatic imine (C=N–C) groups is 1. The van der Waals surface area contributed by atoms with Crippen molar-refractivity contribution in [2.45, 2.75) is 37.1 Å². The largest absolute Gasteiger partial charge is 0.300 e. The lowest BCUT2D eigenvalue weighted by Gasteiger charge is -2.12. The molecule has 1 aliphatic rings. The van der Waals surface area contributed by atoms with E-state index in [0.29, 0.717) is 17.1 Å². The Kier molecular flexibility index (Phi) is 6.15. The molecule has 2 N–H and O–H groups in total. The van der Waals surface area contributed by atoms with Gasteiger partial charge in [-0.2, -0.15) is 0 Å². The molecule has 31 heavy (non-hydrogen) atoms. The number of amides is 1. The highest BCUT2D eigenvalue weighted by atomic mass is 32.2. The molecule has 4 rings (SSSR count). The van der Waals surface area contributed by atoms with Gasteiger partial charge in [0, 0.05) is 16.5 Å². The van der Waals surface area contributed by atoms with Crippen molar-refractivity contribution in [2.75, 3.05) is 5.32 Å². The molecule has 0 aliphatic carbocycles. The fourth-order valence-electron chi connectivity index (χ4n) is 3.30. The molecule has 0 fully saturated rings. The number of anilines is 1. The van der Waals surface area contributed by atoms with Gasteiger partial charge in [-0.3, -0.25) is 14.5 Å². The smallest absolute Gasteiger partial charge is 0.263 e. The second-order valence-corrected chi connectivity index (χ2v) is 9.64. The Morgan fingerprint density at radius 3 is 2.68 bits per heavy atom. The summed E-state index contributed by atoms with van der Waals surface area (Å²) in [5, 5.41) is 5.22. The number of hydrogen-bond acceptors (Lipinski definition) is 6. The normalized spacial score (nSPS) is 16.5. The molecule has 3 aromatic rings. The highest BCUT2D eigenvalue weighted by molar-refractivity contribution is 7.90. The fraction of sp³-hybridized carbons (Fsp3) is 0.227. The van der Waals surface area contributed by atoms with Crippen molar-refractivity contribution in [3.63, 3.8) is 0 Å². The van der Waals surface area contributed by atoms with Gasteiger partial charge in [-0.1, -0.05) is 62.2 Å². The summed E-state index contributed by atoms with van der Waals surface area (Å²) in [5.41, 5.74) is 2.24. The monoisotopic (exact) mass is 454 g/mol. The van der Waals surface area contributed by atoms with E-state index in [1.165, 1.54) is 17.4 Å². The van der Waals surface area contributed by atoms with Crippen molar-refractivity contribution < 1.29 is 13.2 Å². The first-order valence-electron chi connectivity index (χ1n) is 10.00. The summed E-state index contributed by atoms with van der Waals surface area (Å²) in [6.45, 7) is 2.03. The number of rotatable bonds is 7. The number of unbranched alkanes of at least 4 members (excludes halogenated alkanes) is 1. The zero-order valence-corrected chi connectivity index (χ0v) is 18.5. The van der Waals surface area contributed by atoms with Gasteiger partial charge in [0.1, 0.15) is 11.9 Å². The van der Waals surface area contributed by atoms with Gasteiger partial charge in [0.2, 0.25) is 0 Å². The van der Waals surface area contributed by atoms with E-state index < -0.39 is 16.1 Å². The topological polar surface area (TPSA) is 101 Å². The second-order valence-electron chi connectivity index (χ2n) is 7.13. The minimum atomic E-state index is -3.66. The van der Waals surface area contributed by atoms with E-state index in [2.05, 4.69) is 20.0 Å². The van der Waals surface area contributed by atoms with Crippen LogP contribution in [0.5, 0.6) is 0 Å². The number of sulfonamides is 1. The van der Waals surface area contributed by atoms with Gasteiger partial charge >= 0.3 is 0 Å². The highest BCUT2D eigenvalue weighted by Crippen LogP contribution is 2.26. The molecule has 0 saturated heterocycles. The van der Waals surface area contributed by atoms with Crippen molar-refractivity contribution in [1.29, 1.82) is 0 Å². The number of fused-ring (bicyclic) bond motifs is 1. The summed E-state index contributed by atoms with van der Waals surface area (Å²) in [4.78, 5) is 22.2. The first-order valence-corrected chi connectivity index (χ1v) is 12.4. The van der Waals surface area contributed by atoms with Gasteiger partial charge in [-0.15, -0.1) is 11.3 Å². The number of benzene rings is 2. The maximum absolute atomic E-state index is 13.0. The first-order chi connectivity index (χ1) is 15.0. The maximum atomic E-state index is 13.0. The van der Waals surface area contributed by atoms with Gasteiger partial charge in [-0.05, 0) is 18.6 Å². The van der Waals surface area contributed by atoms with Crippen LogP contribution in [0, 0.1) is 0 Å². The van der Waals surface area contributed by atoms with Crippen molar-refractivity contribution >= 4 is 38.2 Å². The minimum Gasteiger partial charge on any atom is -0.300 e. The lowest BCUT2D eigenvalue weighted by molar-refractivity contribution is -0.117. The van der Waals surface area contributed by atoms with Crippen LogP contribution in [-0.4, -0.2) is 31.2 Å². The second kappa shape index (κ2) is 8.99. The van der Waals surface area contributed by atoms with Crippen LogP contribution in [0.3, 0.4) is 0 Å². The Hall–Kier alpha value is -3.04. The number of carbonyl (C=O) groups is 1. The van der Waals surface area contributed by atoms with E-state index >= 15 is 0 Å². The Balaban J connectivity index is 1.57. The Morgan fingerprint density at radius 2 is 1.90 bits per heavy atom. The summed E-state index contributed by atoms with van der Waals surface area (Å²) in [7, 11) is -3.66. The van der Waals surface area contributed by atoms with Crippen LogP contribution in [0.1, 0.15) is 31.7 Å². The summed E-state index contributed by atoms with van der Waals surface area (Å²) in [6.07, 6.45) is 2.19. The van der Waals surface area contributed by atoms with E-state index in [0.717, 1.165) is 24.1 Å². The van der Waals surface area contributed by atoms with E-state index in [4.69, 9.17) is 0 Å². The third-order valence-electron chi connectivity index (χ3n) is 4.89. The molecule has 7 nitrogen and oxygen atoms in total. The summed E-state index contributed by atoms with van der Waals surface area (Å²) in [5.74, 6) is -0.102. The molecule has 2 heterocycles. The van der Waals surface area contributed by atoms with Crippen molar-refractivity contribution in [3.05, 3.63) is 65.5 Å². The molecule has 1 amide bonds. The van der Waals surface area contributed by atoms with E-state index in [-0.39, 0.29) is 16.6 Å². The number of hydrogen-bond donors (Lipinski definition) is 2. The molecule has 160 valence electrons. The maximum Gasteiger partial charge on any atom is 0.263 e. The minimum absolute atomic E-state index is 0.177. The molecule has 0 spiro atoms. The van der Waals surface area contributed by atoms with Crippen LogP contribution in [0.25, 0.3) is 11.3 Å². The molecule has 0 radical (unpaired) electrons. The Bertz CT molecular complexity index is 1220. The molecule has 0 saturated carbocycles. The molecule has 2 aromatic carbocycles. The summed E-state index contributed by atoms with van der Waals surface area (Å²) >= 11 is 1.34. The molecule has 9 heteroatoms. The van der Waals surface area contributed by atoms with Crippen LogP contribution >= 0.6 is 11.3 Å². The van der Waals surface area contributed by atoms with Crippen molar-refractivity contribution in [3.8, 4) is 11.3 Å². The highest BCUT2D eigenvalue weighted by Gasteiger charge is 2.31. The zero-order valence-electron chi connectivity index (χ0n) is 16.9. The summed E-state index contributed by atoms with van der Waals surface area (Å²) in [6, 6.07) is 15.6. The average Bonchev–Trinajstić information content (AvgIpc) is 3.34. The third kappa shape index (κ3) is 4.67.